The summed E-state index contributed by atoms with van der Waals surface area (Å²) in [4.78, 5) is 17.0. The summed E-state index contributed by atoms with van der Waals surface area (Å²) in [5.41, 5.74) is 4.98. The molecule has 0 spiro atoms. The summed E-state index contributed by atoms with van der Waals surface area (Å²) in [7, 11) is 0. The molecule has 0 unspecified atom stereocenters. The van der Waals surface area contributed by atoms with Gasteiger partial charge in [-0.05, 0) is 36.1 Å². The van der Waals surface area contributed by atoms with Gasteiger partial charge in [0.25, 0.3) is 0 Å². The molecule has 1 aromatic heterocycles. The van der Waals surface area contributed by atoms with E-state index in [2.05, 4.69) is 58.4 Å². The molecule has 2 aromatic carbocycles. The topological polar surface area (TPSA) is 36.7 Å². The standard InChI is InChI=1S/C25H28N2O2/c1-19-10-11-23-22(17-24(28)29-25(23)20(19)2)18-27-15-13-26(14-16-27)12-6-9-21-7-4-3-5-8-21/h3-11,17H,12-16,18H2,1-2H3. The summed E-state index contributed by atoms with van der Waals surface area (Å²) in [6.07, 6.45) is 4.43. The summed E-state index contributed by atoms with van der Waals surface area (Å²) < 4.78 is 5.51. The number of benzene rings is 2. The predicted octanol–water partition coefficient (Wildman–Crippen LogP) is 4.24. The summed E-state index contributed by atoms with van der Waals surface area (Å²) in [5.74, 6) is 0. The Hall–Kier alpha value is -2.69. The van der Waals surface area contributed by atoms with Gasteiger partial charge in [0.1, 0.15) is 5.58 Å². The van der Waals surface area contributed by atoms with Gasteiger partial charge in [0.2, 0.25) is 0 Å². The van der Waals surface area contributed by atoms with Crippen LogP contribution in [0.3, 0.4) is 0 Å². The third-order valence-electron chi connectivity index (χ3n) is 5.85. The summed E-state index contributed by atoms with van der Waals surface area (Å²) >= 11 is 0. The van der Waals surface area contributed by atoms with Crippen LogP contribution in [0, 0.1) is 13.8 Å². The molecule has 0 aliphatic carbocycles. The van der Waals surface area contributed by atoms with E-state index in [1.165, 1.54) is 5.56 Å². The summed E-state index contributed by atoms with van der Waals surface area (Å²) in [5, 5.41) is 1.06. The normalized spacial score (nSPS) is 16.1. The molecule has 150 valence electrons. The van der Waals surface area contributed by atoms with E-state index >= 15 is 0 Å². The lowest BCUT2D eigenvalue weighted by atomic mass is 10.0. The molecule has 0 amide bonds. The van der Waals surface area contributed by atoms with Crippen molar-refractivity contribution in [3.05, 3.63) is 87.3 Å². The Morgan fingerprint density at radius 1 is 0.966 bits per heavy atom. The largest absolute Gasteiger partial charge is 0.422 e. The molecule has 1 fully saturated rings. The first-order chi connectivity index (χ1) is 14.1. The lowest BCUT2D eigenvalue weighted by molar-refractivity contribution is 0.137. The van der Waals surface area contributed by atoms with E-state index in [1.807, 2.05) is 19.9 Å². The monoisotopic (exact) mass is 388 g/mol. The number of aryl methyl sites for hydroxylation is 2. The lowest BCUT2D eigenvalue weighted by Gasteiger charge is -2.34. The molecule has 4 rings (SSSR count). The van der Waals surface area contributed by atoms with Crippen LogP contribution >= 0.6 is 0 Å². The van der Waals surface area contributed by atoms with Crippen molar-refractivity contribution in [1.29, 1.82) is 0 Å². The third kappa shape index (κ3) is 4.66. The van der Waals surface area contributed by atoms with Gasteiger partial charge in [0, 0.05) is 50.7 Å². The minimum Gasteiger partial charge on any atom is -0.422 e. The van der Waals surface area contributed by atoms with Gasteiger partial charge in [-0.1, -0.05) is 54.6 Å². The zero-order valence-corrected chi connectivity index (χ0v) is 17.2. The first kappa shape index (κ1) is 19.6. The van der Waals surface area contributed by atoms with Crippen molar-refractivity contribution in [2.45, 2.75) is 20.4 Å². The van der Waals surface area contributed by atoms with E-state index in [9.17, 15) is 4.79 Å². The molecule has 0 N–H and O–H groups in total. The fraction of sp³-hybridized carbons (Fsp3) is 0.320. The second-order valence-electron chi connectivity index (χ2n) is 7.86. The molecule has 0 bridgehead atoms. The zero-order valence-electron chi connectivity index (χ0n) is 17.2. The highest BCUT2D eigenvalue weighted by atomic mass is 16.4. The molecule has 1 saturated heterocycles. The van der Waals surface area contributed by atoms with Gasteiger partial charge >= 0.3 is 5.63 Å². The zero-order chi connectivity index (χ0) is 20.2. The molecule has 1 aliphatic rings. The SMILES string of the molecule is Cc1ccc2c(CN3CCN(CC=Cc4ccccc4)CC3)cc(=O)oc2c1C. The van der Waals surface area contributed by atoms with E-state index in [0.717, 1.165) is 66.9 Å². The fourth-order valence-electron chi connectivity index (χ4n) is 3.93. The van der Waals surface area contributed by atoms with Crippen molar-refractivity contribution in [1.82, 2.24) is 9.80 Å². The van der Waals surface area contributed by atoms with Crippen molar-refractivity contribution < 1.29 is 4.42 Å². The van der Waals surface area contributed by atoms with Crippen molar-refractivity contribution in [2.75, 3.05) is 32.7 Å². The number of hydrogen-bond donors (Lipinski definition) is 0. The second kappa shape index (κ2) is 8.76. The van der Waals surface area contributed by atoms with Gasteiger partial charge in [0.15, 0.2) is 0 Å². The van der Waals surface area contributed by atoms with Crippen LogP contribution in [0.2, 0.25) is 0 Å². The maximum absolute atomic E-state index is 12.1. The first-order valence-electron chi connectivity index (χ1n) is 10.3. The number of hydrogen-bond acceptors (Lipinski definition) is 4. The molecule has 29 heavy (non-hydrogen) atoms. The summed E-state index contributed by atoms with van der Waals surface area (Å²) in [6, 6.07) is 16.3. The van der Waals surface area contributed by atoms with Gasteiger partial charge in [-0.15, -0.1) is 0 Å². The van der Waals surface area contributed by atoms with E-state index in [1.54, 1.807) is 6.07 Å². The molecule has 2 heterocycles. The van der Waals surface area contributed by atoms with Crippen LogP contribution in [0.15, 0.2) is 63.8 Å². The Kier molecular flexibility index (Phi) is 5.93. The van der Waals surface area contributed by atoms with Crippen molar-refractivity contribution in [2.24, 2.45) is 0 Å². The number of piperazine rings is 1. The van der Waals surface area contributed by atoms with Crippen LogP contribution in [0.1, 0.15) is 22.3 Å². The van der Waals surface area contributed by atoms with Crippen LogP contribution in [0.25, 0.3) is 17.0 Å². The quantitative estimate of drug-likeness (QED) is 0.613. The van der Waals surface area contributed by atoms with Crippen LogP contribution in [0.4, 0.5) is 0 Å². The minimum atomic E-state index is -0.258. The number of nitrogens with zero attached hydrogens (tertiary/aromatic N) is 2. The highest BCUT2D eigenvalue weighted by Crippen LogP contribution is 2.24. The molecule has 4 heteroatoms. The van der Waals surface area contributed by atoms with Crippen LogP contribution in [-0.4, -0.2) is 42.5 Å². The highest BCUT2D eigenvalue weighted by molar-refractivity contribution is 5.83. The Bertz CT molecular complexity index is 1060. The second-order valence-corrected chi connectivity index (χ2v) is 7.86. The third-order valence-corrected chi connectivity index (χ3v) is 5.85. The van der Waals surface area contributed by atoms with E-state index < -0.39 is 0 Å². The van der Waals surface area contributed by atoms with Crippen molar-refractivity contribution in [3.8, 4) is 0 Å². The molecule has 0 atom stereocenters. The predicted molar refractivity (Wildman–Crippen MR) is 119 cm³/mol. The van der Waals surface area contributed by atoms with Crippen LogP contribution in [-0.2, 0) is 6.54 Å². The fourth-order valence-corrected chi connectivity index (χ4v) is 3.93. The van der Waals surface area contributed by atoms with Gasteiger partial charge in [-0.3, -0.25) is 9.80 Å². The molecular formula is C25H28N2O2. The van der Waals surface area contributed by atoms with Gasteiger partial charge < -0.3 is 4.42 Å². The number of rotatable bonds is 5. The van der Waals surface area contributed by atoms with Gasteiger partial charge in [-0.25, -0.2) is 4.79 Å². The van der Waals surface area contributed by atoms with Crippen LogP contribution in [0.5, 0.6) is 0 Å². The number of fused-ring (bicyclic) bond motifs is 1. The van der Waals surface area contributed by atoms with Crippen molar-refractivity contribution >= 4 is 17.0 Å². The van der Waals surface area contributed by atoms with Crippen LogP contribution < -0.4 is 5.63 Å². The van der Waals surface area contributed by atoms with Crippen molar-refractivity contribution in [3.63, 3.8) is 0 Å². The minimum absolute atomic E-state index is 0.258. The molecular weight excluding hydrogens is 360 g/mol. The van der Waals surface area contributed by atoms with E-state index in [0.29, 0.717) is 0 Å². The molecule has 1 aliphatic heterocycles. The Balaban J connectivity index is 1.38. The smallest absolute Gasteiger partial charge is 0.336 e. The van der Waals surface area contributed by atoms with E-state index in [-0.39, 0.29) is 5.63 Å². The Morgan fingerprint density at radius 3 is 2.45 bits per heavy atom. The molecule has 0 saturated carbocycles. The van der Waals surface area contributed by atoms with Gasteiger partial charge in [0.05, 0.1) is 0 Å². The van der Waals surface area contributed by atoms with Gasteiger partial charge in [-0.2, -0.15) is 0 Å². The average Bonchev–Trinajstić information content (AvgIpc) is 2.73. The molecule has 3 aromatic rings. The maximum atomic E-state index is 12.1. The highest BCUT2D eigenvalue weighted by Gasteiger charge is 2.18. The molecule has 0 radical (unpaired) electrons. The molecule has 4 nitrogen and oxygen atoms in total. The maximum Gasteiger partial charge on any atom is 0.336 e. The first-order valence-corrected chi connectivity index (χ1v) is 10.3. The average molecular weight is 389 g/mol. The Labute approximate surface area is 172 Å². The Morgan fingerprint density at radius 2 is 1.69 bits per heavy atom. The summed E-state index contributed by atoms with van der Waals surface area (Å²) in [6.45, 7) is 9.92. The lowest BCUT2D eigenvalue weighted by Crippen LogP contribution is -2.45. The van der Waals surface area contributed by atoms with E-state index in [4.69, 9.17) is 4.42 Å².